The van der Waals surface area contributed by atoms with Crippen LogP contribution in [0.4, 0.5) is 0 Å². The Hall–Kier alpha value is -1.95. The lowest BCUT2D eigenvalue weighted by Crippen LogP contribution is -2.40. The van der Waals surface area contributed by atoms with E-state index in [1.54, 1.807) is 45.0 Å². The standard InChI is InChI=1S/C18H26NO6P/c1-5-24-26(23,25-6-2)12-14-7-9-15(10-8-14)17(20)19-16(18(21)22)11-13(3)4/h7-10,16H,3,5-6,11-12H2,1-2,4H3,(H,19,20)(H,21,22)/t16-/m0/s1. The number of benzene rings is 1. The molecule has 0 aliphatic rings. The van der Waals surface area contributed by atoms with Crippen molar-refractivity contribution in [2.24, 2.45) is 0 Å². The Morgan fingerprint density at radius 2 is 1.73 bits per heavy atom. The highest BCUT2D eigenvalue weighted by Crippen LogP contribution is 2.51. The van der Waals surface area contributed by atoms with Crippen LogP contribution in [0.3, 0.4) is 0 Å². The SMILES string of the molecule is C=C(C)C[C@H](NC(=O)c1ccc(CP(=O)(OCC)OCC)cc1)C(=O)O. The molecule has 0 heterocycles. The summed E-state index contributed by atoms with van der Waals surface area (Å²) < 4.78 is 23.0. The highest BCUT2D eigenvalue weighted by atomic mass is 31.2. The lowest BCUT2D eigenvalue weighted by molar-refractivity contribution is -0.139. The van der Waals surface area contributed by atoms with Gasteiger partial charge in [-0.25, -0.2) is 4.79 Å². The highest BCUT2D eigenvalue weighted by Gasteiger charge is 2.24. The van der Waals surface area contributed by atoms with Crippen LogP contribution < -0.4 is 5.32 Å². The van der Waals surface area contributed by atoms with Crippen molar-refractivity contribution in [2.75, 3.05) is 13.2 Å². The molecule has 144 valence electrons. The molecule has 26 heavy (non-hydrogen) atoms. The Kier molecular flexibility index (Phi) is 8.72. The summed E-state index contributed by atoms with van der Waals surface area (Å²) in [5, 5.41) is 11.6. The molecule has 0 saturated heterocycles. The normalized spacial score (nSPS) is 12.4. The lowest BCUT2D eigenvalue weighted by Gasteiger charge is -2.17. The van der Waals surface area contributed by atoms with E-state index >= 15 is 0 Å². The molecule has 0 radical (unpaired) electrons. The summed E-state index contributed by atoms with van der Waals surface area (Å²) in [7, 11) is -3.22. The first-order valence-electron chi connectivity index (χ1n) is 8.35. The number of carboxylic acids is 1. The van der Waals surface area contributed by atoms with Gasteiger partial charge in [-0.05, 0) is 44.9 Å². The molecule has 8 heteroatoms. The predicted molar refractivity (Wildman–Crippen MR) is 99.3 cm³/mol. The van der Waals surface area contributed by atoms with Gasteiger partial charge in [0.2, 0.25) is 0 Å². The van der Waals surface area contributed by atoms with Crippen LogP contribution in [-0.4, -0.2) is 36.2 Å². The van der Waals surface area contributed by atoms with Crippen molar-refractivity contribution in [1.82, 2.24) is 5.32 Å². The molecule has 0 unspecified atom stereocenters. The Morgan fingerprint density at radius 3 is 2.15 bits per heavy atom. The van der Waals surface area contributed by atoms with Gasteiger partial charge in [0.15, 0.2) is 0 Å². The predicted octanol–water partition coefficient (Wildman–Crippen LogP) is 3.60. The third kappa shape index (κ3) is 7.12. The van der Waals surface area contributed by atoms with E-state index in [9.17, 15) is 19.3 Å². The van der Waals surface area contributed by atoms with Crippen molar-refractivity contribution in [2.45, 2.75) is 39.4 Å². The molecule has 0 fully saturated rings. The Labute approximate surface area is 153 Å². The van der Waals surface area contributed by atoms with E-state index < -0.39 is 25.5 Å². The van der Waals surface area contributed by atoms with Crippen LogP contribution in [0.25, 0.3) is 0 Å². The van der Waals surface area contributed by atoms with Crippen molar-refractivity contribution < 1.29 is 28.3 Å². The number of hydrogen-bond acceptors (Lipinski definition) is 5. The molecule has 2 N–H and O–H groups in total. The monoisotopic (exact) mass is 383 g/mol. The van der Waals surface area contributed by atoms with Gasteiger partial charge in [-0.3, -0.25) is 9.36 Å². The molecule has 0 bridgehead atoms. The topological polar surface area (TPSA) is 102 Å². The van der Waals surface area contributed by atoms with Gasteiger partial charge in [0.1, 0.15) is 6.04 Å². The zero-order chi connectivity index (χ0) is 19.7. The maximum Gasteiger partial charge on any atom is 0.335 e. The molecule has 0 saturated carbocycles. The number of aliphatic carboxylic acids is 1. The van der Waals surface area contributed by atoms with Crippen molar-refractivity contribution in [3.8, 4) is 0 Å². The second-order valence-electron chi connectivity index (χ2n) is 5.83. The fourth-order valence-electron chi connectivity index (χ4n) is 2.30. The summed E-state index contributed by atoms with van der Waals surface area (Å²) in [4.78, 5) is 23.5. The molecule has 0 aliphatic heterocycles. The van der Waals surface area contributed by atoms with E-state index in [4.69, 9.17) is 9.05 Å². The largest absolute Gasteiger partial charge is 0.480 e. The minimum Gasteiger partial charge on any atom is -0.480 e. The van der Waals surface area contributed by atoms with Crippen LogP contribution in [0, 0.1) is 0 Å². The zero-order valence-corrected chi connectivity index (χ0v) is 16.3. The maximum absolute atomic E-state index is 12.5. The first-order valence-corrected chi connectivity index (χ1v) is 10.1. The molecule has 1 rings (SSSR count). The third-order valence-electron chi connectivity index (χ3n) is 3.40. The number of carbonyl (C=O) groups excluding carboxylic acids is 1. The summed E-state index contributed by atoms with van der Waals surface area (Å²) >= 11 is 0. The summed E-state index contributed by atoms with van der Waals surface area (Å²) in [6, 6.07) is 5.36. The van der Waals surface area contributed by atoms with Gasteiger partial charge in [0, 0.05) is 5.56 Å². The quantitative estimate of drug-likeness (QED) is 0.447. The molecule has 1 amide bonds. The molecule has 0 aliphatic carbocycles. The number of nitrogens with one attached hydrogen (secondary N) is 1. The lowest BCUT2D eigenvalue weighted by atomic mass is 10.1. The molecular formula is C18H26NO6P. The molecule has 0 aromatic heterocycles. The van der Waals surface area contributed by atoms with Gasteiger partial charge < -0.3 is 19.5 Å². The Bertz CT molecular complexity index is 675. The van der Waals surface area contributed by atoms with Crippen molar-refractivity contribution in [1.29, 1.82) is 0 Å². The molecule has 1 aromatic carbocycles. The molecule has 1 aromatic rings. The van der Waals surface area contributed by atoms with E-state index in [0.29, 0.717) is 16.7 Å². The van der Waals surface area contributed by atoms with Crippen LogP contribution in [0.5, 0.6) is 0 Å². The van der Waals surface area contributed by atoms with Crippen LogP contribution in [0.1, 0.15) is 43.1 Å². The summed E-state index contributed by atoms with van der Waals surface area (Å²) in [5.41, 5.74) is 1.67. The molecule has 7 nitrogen and oxygen atoms in total. The first kappa shape index (κ1) is 22.1. The van der Waals surface area contributed by atoms with E-state index in [2.05, 4.69) is 11.9 Å². The summed E-state index contributed by atoms with van der Waals surface area (Å²) in [6.45, 7) is 9.40. The summed E-state index contributed by atoms with van der Waals surface area (Å²) in [6.07, 6.45) is 0.259. The fourth-order valence-corrected chi connectivity index (χ4v) is 4.00. The number of carbonyl (C=O) groups is 2. The second-order valence-corrected chi connectivity index (χ2v) is 7.88. The minimum absolute atomic E-state index is 0.101. The fraction of sp³-hybridized carbons (Fsp3) is 0.444. The van der Waals surface area contributed by atoms with Crippen molar-refractivity contribution in [3.63, 3.8) is 0 Å². The smallest absolute Gasteiger partial charge is 0.335 e. The molecule has 0 spiro atoms. The van der Waals surface area contributed by atoms with Crippen LogP contribution >= 0.6 is 7.60 Å². The second kappa shape index (κ2) is 10.3. The van der Waals surface area contributed by atoms with Crippen LogP contribution in [0.15, 0.2) is 36.4 Å². The number of carboxylic acid groups (broad SMARTS) is 1. The van der Waals surface area contributed by atoms with Crippen LogP contribution in [-0.2, 0) is 24.6 Å². The van der Waals surface area contributed by atoms with E-state index in [1.165, 1.54) is 0 Å². The number of rotatable bonds is 11. The first-order chi connectivity index (χ1) is 12.2. The minimum atomic E-state index is -3.22. The number of amides is 1. The van der Waals surface area contributed by atoms with Crippen LogP contribution in [0.2, 0.25) is 0 Å². The Morgan fingerprint density at radius 1 is 1.19 bits per heavy atom. The third-order valence-corrected chi connectivity index (χ3v) is 5.46. The van der Waals surface area contributed by atoms with E-state index in [0.717, 1.165) is 0 Å². The van der Waals surface area contributed by atoms with Crippen molar-refractivity contribution >= 4 is 19.5 Å². The zero-order valence-electron chi connectivity index (χ0n) is 15.4. The molecule has 1 atom stereocenters. The number of hydrogen-bond donors (Lipinski definition) is 2. The van der Waals surface area contributed by atoms with Gasteiger partial charge in [-0.15, -0.1) is 6.58 Å². The maximum atomic E-state index is 12.5. The van der Waals surface area contributed by atoms with Gasteiger partial charge >= 0.3 is 13.6 Å². The highest BCUT2D eigenvalue weighted by molar-refractivity contribution is 7.53. The van der Waals surface area contributed by atoms with E-state index in [1.807, 2.05) is 0 Å². The average molecular weight is 383 g/mol. The molecular weight excluding hydrogens is 357 g/mol. The Balaban J connectivity index is 2.82. The van der Waals surface area contributed by atoms with Gasteiger partial charge in [-0.1, -0.05) is 17.7 Å². The van der Waals surface area contributed by atoms with Crippen molar-refractivity contribution in [3.05, 3.63) is 47.5 Å². The van der Waals surface area contributed by atoms with E-state index in [-0.39, 0.29) is 25.8 Å². The summed E-state index contributed by atoms with van der Waals surface area (Å²) in [5.74, 6) is -1.62. The van der Waals surface area contributed by atoms with Gasteiger partial charge in [0.05, 0.1) is 19.4 Å². The van der Waals surface area contributed by atoms with Gasteiger partial charge in [0.25, 0.3) is 5.91 Å². The van der Waals surface area contributed by atoms with Gasteiger partial charge in [-0.2, -0.15) is 0 Å². The average Bonchev–Trinajstić information content (AvgIpc) is 2.54.